The van der Waals surface area contributed by atoms with Crippen molar-refractivity contribution in [3.8, 4) is 11.3 Å². The lowest BCUT2D eigenvalue weighted by Crippen LogP contribution is -2.37. The number of ether oxygens (including phenoxy) is 1. The molecular weight excluding hydrogens is 541 g/mol. The zero-order chi connectivity index (χ0) is 30.0. The van der Waals surface area contributed by atoms with E-state index < -0.39 is 12.1 Å². The molecule has 1 aliphatic rings. The van der Waals surface area contributed by atoms with E-state index in [0.717, 1.165) is 42.5 Å². The van der Waals surface area contributed by atoms with Crippen molar-refractivity contribution < 1.29 is 37.4 Å². The summed E-state index contributed by atoms with van der Waals surface area (Å²) in [5.41, 5.74) is 9.15. The molecule has 0 aliphatic heterocycles. The first-order valence-electron chi connectivity index (χ1n) is 13.1. The number of benzene rings is 2. The number of carboxylic acids is 1. The summed E-state index contributed by atoms with van der Waals surface area (Å²) in [6, 6.07) is 17.0. The van der Waals surface area contributed by atoms with Gasteiger partial charge in [0.15, 0.2) is 0 Å². The SMILES string of the molecule is COC(=O)c1ccc(-c2cnc([C@H](Cc3ccccc3)NC(=O)C3CCC(CN)CC3)[nH]2)cc1.O=C(O)C(F)(F)F. The summed E-state index contributed by atoms with van der Waals surface area (Å²) in [4.78, 5) is 41.7. The number of imidazole rings is 1. The van der Waals surface area contributed by atoms with Crippen molar-refractivity contribution >= 4 is 17.8 Å². The Hall–Kier alpha value is -4.19. The number of nitrogens with one attached hydrogen (secondary N) is 2. The molecule has 1 aliphatic carbocycles. The van der Waals surface area contributed by atoms with Gasteiger partial charge in [-0.15, -0.1) is 0 Å². The molecule has 12 heteroatoms. The lowest BCUT2D eigenvalue weighted by atomic mass is 9.81. The highest BCUT2D eigenvalue weighted by atomic mass is 19.4. The number of nitrogens with two attached hydrogens (primary N) is 1. The summed E-state index contributed by atoms with van der Waals surface area (Å²) in [6.45, 7) is 0.695. The van der Waals surface area contributed by atoms with Crippen LogP contribution in [0.15, 0.2) is 60.8 Å². The number of alkyl halides is 3. The van der Waals surface area contributed by atoms with E-state index in [9.17, 15) is 22.8 Å². The topological polar surface area (TPSA) is 147 Å². The number of aromatic amines is 1. The fraction of sp³-hybridized carbons (Fsp3) is 0.379. The molecule has 1 fully saturated rings. The van der Waals surface area contributed by atoms with Crippen LogP contribution >= 0.6 is 0 Å². The molecule has 0 unspecified atom stereocenters. The van der Waals surface area contributed by atoms with Crippen LogP contribution < -0.4 is 11.1 Å². The van der Waals surface area contributed by atoms with Crippen LogP contribution in [0.25, 0.3) is 11.3 Å². The second-order valence-electron chi connectivity index (χ2n) is 9.76. The first-order chi connectivity index (χ1) is 19.5. The van der Waals surface area contributed by atoms with Gasteiger partial charge in [-0.25, -0.2) is 14.6 Å². The summed E-state index contributed by atoms with van der Waals surface area (Å²) in [7, 11) is 1.36. The third-order valence-corrected chi connectivity index (χ3v) is 6.94. The minimum atomic E-state index is -5.08. The number of aliphatic carboxylic acids is 1. The van der Waals surface area contributed by atoms with Crippen molar-refractivity contribution in [2.75, 3.05) is 13.7 Å². The van der Waals surface area contributed by atoms with Gasteiger partial charge in [-0.05, 0) is 67.8 Å². The van der Waals surface area contributed by atoms with Crippen molar-refractivity contribution in [1.29, 1.82) is 0 Å². The second-order valence-corrected chi connectivity index (χ2v) is 9.76. The fourth-order valence-corrected chi connectivity index (χ4v) is 4.58. The number of nitrogens with zero attached hydrogens (tertiary/aromatic N) is 1. The summed E-state index contributed by atoms with van der Waals surface area (Å²) in [5, 5.41) is 10.4. The highest BCUT2D eigenvalue weighted by Gasteiger charge is 2.38. The zero-order valence-corrected chi connectivity index (χ0v) is 22.5. The molecular formula is C29H33F3N4O5. The average molecular weight is 575 g/mol. The van der Waals surface area contributed by atoms with Gasteiger partial charge in [-0.2, -0.15) is 13.2 Å². The third-order valence-electron chi connectivity index (χ3n) is 6.94. The number of amides is 1. The molecule has 9 nitrogen and oxygen atoms in total. The molecule has 1 aromatic heterocycles. The highest BCUT2D eigenvalue weighted by Crippen LogP contribution is 2.29. The van der Waals surface area contributed by atoms with Crippen molar-refractivity contribution in [3.63, 3.8) is 0 Å². The van der Waals surface area contributed by atoms with Gasteiger partial charge < -0.3 is 25.9 Å². The van der Waals surface area contributed by atoms with Crippen LogP contribution in [0.2, 0.25) is 0 Å². The smallest absolute Gasteiger partial charge is 0.475 e. The molecule has 1 amide bonds. The number of aromatic nitrogens is 2. The van der Waals surface area contributed by atoms with Crippen molar-refractivity contribution in [2.24, 2.45) is 17.6 Å². The van der Waals surface area contributed by atoms with E-state index in [1.165, 1.54) is 7.11 Å². The van der Waals surface area contributed by atoms with E-state index in [1.54, 1.807) is 18.3 Å². The van der Waals surface area contributed by atoms with Crippen LogP contribution in [0, 0.1) is 11.8 Å². The van der Waals surface area contributed by atoms with Crippen molar-refractivity contribution in [2.45, 2.75) is 44.3 Å². The molecule has 220 valence electrons. The maximum absolute atomic E-state index is 13.1. The maximum Gasteiger partial charge on any atom is 0.490 e. The van der Waals surface area contributed by atoms with E-state index in [4.69, 9.17) is 20.4 Å². The van der Waals surface area contributed by atoms with Crippen LogP contribution in [-0.2, 0) is 20.7 Å². The number of rotatable bonds is 8. The minimum absolute atomic E-state index is 0.0152. The third kappa shape index (κ3) is 9.17. The molecule has 0 bridgehead atoms. The first kappa shape index (κ1) is 31.3. The summed E-state index contributed by atoms with van der Waals surface area (Å²) >= 11 is 0. The lowest BCUT2D eigenvalue weighted by molar-refractivity contribution is -0.192. The van der Waals surface area contributed by atoms with Gasteiger partial charge in [0.25, 0.3) is 0 Å². The number of carbonyl (C=O) groups excluding carboxylic acids is 2. The van der Waals surface area contributed by atoms with E-state index in [2.05, 4.69) is 27.4 Å². The molecule has 1 saturated carbocycles. The molecule has 2 aromatic carbocycles. The predicted octanol–water partition coefficient (Wildman–Crippen LogP) is 4.66. The van der Waals surface area contributed by atoms with Crippen LogP contribution in [0.1, 0.15) is 53.5 Å². The molecule has 0 radical (unpaired) electrons. The second kappa shape index (κ2) is 14.4. The van der Waals surface area contributed by atoms with Crippen LogP contribution in [0.5, 0.6) is 0 Å². The summed E-state index contributed by atoms with van der Waals surface area (Å²) in [6.07, 6.45) is 1.08. The lowest BCUT2D eigenvalue weighted by Gasteiger charge is -2.28. The number of methoxy groups -OCH3 is 1. The Balaban J connectivity index is 0.000000587. The maximum atomic E-state index is 13.1. The van der Waals surface area contributed by atoms with Crippen molar-refractivity contribution in [3.05, 3.63) is 77.7 Å². The summed E-state index contributed by atoms with van der Waals surface area (Å²) < 4.78 is 36.5. The minimum Gasteiger partial charge on any atom is -0.475 e. The number of esters is 1. The Morgan fingerprint density at radius 1 is 1.07 bits per heavy atom. The average Bonchev–Trinajstić information content (AvgIpc) is 3.47. The number of hydrogen-bond acceptors (Lipinski definition) is 6. The predicted molar refractivity (Wildman–Crippen MR) is 145 cm³/mol. The van der Waals surface area contributed by atoms with Gasteiger partial charge in [0.1, 0.15) is 5.82 Å². The van der Waals surface area contributed by atoms with Gasteiger partial charge in [0.2, 0.25) is 5.91 Å². The normalized spacial score (nSPS) is 17.5. The first-order valence-corrected chi connectivity index (χ1v) is 13.1. The largest absolute Gasteiger partial charge is 0.490 e. The molecule has 41 heavy (non-hydrogen) atoms. The van der Waals surface area contributed by atoms with Crippen LogP contribution in [0.3, 0.4) is 0 Å². The van der Waals surface area contributed by atoms with Gasteiger partial charge in [-0.3, -0.25) is 4.79 Å². The van der Waals surface area contributed by atoms with Gasteiger partial charge in [-0.1, -0.05) is 42.5 Å². The quantitative estimate of drug-likeness (QED) is 0.286. The Morgan fingerprint density at radius 2 is 1.68 bits per heavy atom. The molecule has 1 atom stereocenters. The number of hydrogen-bond donors (Lipinski definition) is 4. The van der Waals surface area contributed by atoms with Gasteiger partial charge >= 0.3 is 18.1 Å². The van der Waals surface area contributed by atoms with E-state index >= 15 is 0 Å². The monoisotopic (exact) mass is 574 g/mol. The zero-order valence-electron chi connectivity index (χ0n) is 22.5. The molecule has 5 N–H and O–H groups in total. The Labute approximate surface area is 235 Å². The molecule has 4 rings (SSSR count). The standard InChI is InChI=1S/C27H32N4O3.C2HF3O2/c1-34-27(33)22-13-11-20(12-14-22)24-17-29-25(30-24)23(15-18-5-3-2-4-6-18)31-26(32)21-9-7-19(16-28)8-10-21;3-2(4,5)1(6)7/h2-6,11-14,17,19,21,23H,7-10,15-16,28H2,1H3,(H,29,30)(H,31,32);(H,6,7)/t19?,21?,23-;/m0./s1. The molecule has 0 spiro atoms. The Morgan fingerprint density at radius 3 is 2.22 bits per heavy atom. The number of carbonyl (C=O) groups is 3. The van der Waals surface area contributed by atoms with E-state index in [1.807, 2.05) is 30.3 Å². The number of halogens is 3. The van der Waals surface area contributed by atoms with E-state index in [0.29, 0.717) is 30.3 Å². The molecule has 3 aromatic rings. The Bertz CT molecular complexity index is 1290. The summed E-state index contributed by atoms with van der Waals surface area (Å²) in [5.74, 6) is -1.80. The Kier molecular flexibility index (Phi) is 11.0. The molecule has 1 heterocycles. The van der Waals surface area contributed by atoms with Crippen LogP contribution in [0.4, 0.5) is 13.2 Å². The van der Waals surface area contributed by atoms with Gasteiger partial charge in [0, 0.05) is 5.92 Å². The molecule has 0 saturated heterocycles. The van der Waals surface area contributed by atoms with Gasteiger partial charge in [0.05, 0.1) is 30.6 Å². The van der Waals surface area contributed by atoms with Crippen molar-refractivity contribution in [1.82, 2.24) is 15.3 Å². The van der Waals surface area contributed by atoms with Crippen LogP contribution in [-0.4, -0.2) is 52.8 Å². The number of H-pyrrole nitrogens is 1. The fourth-order valence-electron chi connectivity index (χ4n) is 4.58. The highest BCUT2D eigenvalue weighted by molar-refractivity contribution is 5.89. The number of carboxylic acid groups (broad SMARTS) is 1. The van der Waals surface area contributed by atoms with E-state index in [-0.39, 0.29) is 23.8 Å².